The van der Waals surface area contributed by atoms with E-state index in [2.05, 4.69) is 39.9 Å². The fraction of sp³-hybridized carbons (Fsp3) is 1.00. The molecule has 0 saturated heterocycles. The highest BCUT2D eigenvalue weighted by Crippen LogP contribution is 2.62. The van der Waals surface area contributed by atoms with E-state index in [9.17, 15) is 0 Å². The lowest BCUT2D eigenvalue weighted by atomic mass is 9.68. The molecule has 2 rings (SSSR count). The summed E-state index contributed by atoms with van der Waals surface area (Å²) in [6.07, 6.45) is 8.29. The van der Waals surface area contributed by atoms with Gasteiger partial charge in [-0.2, -0.15) is 0 Å². The molecular formula is C16H31N. The molecule has 0 heterocycles. The van der Waals surface area contributed by atoms with Crippen LogP contribution in [0.1, 0.15) is 73.1 Å². The molecular weight excluding hydrogens is 206 g/mol. The number of rotatable bonds is 5. The molecule has 0 aromatic rings. The van der Waals surface area contributed by atoms with E-state index in [1.807, 2.05) is 0 Å². The predicted molar refractivity (Wildman–Crippen MR) is 75.1 cm³/mol. The Morgan fingerprint density at radius 3 is 2.41 bits per heavy atom. The maximum Gasteiger partial charge on any atom is 0.0177 e. The van der Waals surface area contributed by atoms with Gasteiger partial charge in [0.05, 0.1) is 0 Å². The van der Waals surface area contributed by atoms with Gasteiger partial charge in [0, 0.05) is 12.1 Å². The lowest BCUT2D eigenvalue weighted by Crippen LogP contribution is -2.53. The van der Waals surface area contributed by atoms with Crippen LogP contribution in [0, 0.1) is 16.7 Å². The first kappa shape index (κ1) is 13.4. The fourth-order valence-corrected chi connectivity index (χ4v) is 4.71. The normalized spacial score (nSPS) is 40.8. The Morgan fingerprint density at radius 1 is 1.24 bits per heavy atom. The zero-order valence-corrected chi connectivity index (χ0v) is 12.5. The van der Waals surface area contributed by atoms with Crippen LogP contribution < -0.4 is 5.32 Å². The SMILES string of the molecule is CCCC(CC)NC1C2(C)CCC(C2)C1(C)C. The molecule has 0 radical (unpaired) electrons. The van der Waals surface area contributed by atoms with Gasteiger partial charge < -0.3 is 5.32 Å². The monoisotopic (exact) mass is 237 g/mol. The van der Waals surface area contributed by atoms with Gasteiger partial charge in [0.25, 0.3) is 0 Å². The Hall–Kier alpha value is -0.0400. The van der Waals surface area contributed by atoms with Gasteiger partial charge >= 0.3 is 0 Å². The summed E-state index contributed by atoms with van der Waals surface area (Å²) in [6, 6.07) is 1.48. The van der Waals surface area contributed by atoms with Crippen LogP contribution in [-0.2, 0) is 0 Å². The molecule has 0 amide bonds. The second-order valence-corrected chi connectivity index (χ2v) is 7.41. The van der Waals surface area contributed by atoms with Crippen LogP contribution in [0.5, 0.6) is 0 Å². The van der Waals surface area contributed by atoms with E-state index in [4.69, 9.17) is 0 Å². The third-order valence-electron chi connectivity index (χ3n) is 5.80. The van der Waals surface area contributed by atoms with Crippen LogP contribution in [0.25, 0.3) is 0 Å². The molecule has 4 atom stereocenters. The Balaban J connectivity index is 2.09. The second kappa shape index (κ2) is 4.57. The van der Waals surface area contributed by atoms with Crippen molar-refractivity contribution < 1.29 is 0 Å². The lowest BCUT2D eigenvalue weighted by molar-refractivity contribution is 0.0962. The third-order valence-corrected chi connectivity index (χ3v) is 5.80. The first-order valence-corrected chi connectivity index (χ1v) is 7.70. The summed E-state index contributed by atoms with van der Waals surface area (Å²) < 4.78 is 0. The molecule has 100 valence electrons. The summed E-state index contributed by atoms with van der Waals surface area (Å²) in [6.45, 7) is 12.2. The zero-order chi connectivity index (χ0) is 12.7. The summed E-state index contributed by atoms with van der Waals surface area (Å²) >= 11 is 0. The van der Waals surface area contributed by atoms with Gasteiger partial charge in [0.1, 0.15) is 0 Å². The van der Waals surface area contributed by atoms with Crippen molar-refractivity contribution in [2.45, 2.75) is 85.2 Å². The minimum Gasteiger partial charge on any atom is -0.310 e. The van der Waals surface area contributed by atoms with Crippen LogP contribution >= 0.6 is 0 Å². The summed E-state index contributed by atoms with van der Waals surface area (Å²) in [5.41, 5.74) is 1.09. The van der Waals surface area contributed by atoms with Gasteiger partial charge in [-0.05, 0) is 48.9 Å². The van der Waals surface area contributed by atoms with Gasteiger partial charge in [0.15, 0.2) is 0 Å². The van der Waals surface area contributed by atoms with Gasteiger partial charge in [-0.25, -0.2) is 0 Å². The average molecular weight is 237 g/mol. The number of hydrogen-bond acceptors (Lipinski definition) is 1. The van der Waals surface area contributed by atoms with Gasteiger partial charge in [-0.1, -0.05) is 41.0 Å². The predicted octanol–water partition coefficient (Wildman–Crippen LogP) is 4.37. The first-order chi connectivity index (χ1) is 7.94. The summed E-state index contributed by atoms with van der Waals surface area (Å²) in [5.74, 6) is 0.962. The highest BCUT2D eigenvalue weighted by molar-refractivity contribution is 5.12. The van der Waals surface area contributed by atoms with E-state index in [1.165, 1.54) is 38.5 Å². The largest absolute Gasteiger partial charge is 0.310 e. The van der Waals surface area contributed by atoms with Crippen molar-refractivity contribution in [3.63, 3.8) is 0 Å². The van der Waals surface area contributed by atoms with Crippen molar-refractivity contribution in [3.8, 4) is 0 Å². The van der Waals surface area contributed by atoms with Gasteiger partial charge in [0.2, 0.25) is 0 Å². The van der Waals surface area contributed by atoms with E-state index >= 15 is 0 Å². The van der Waals surface area contributed by atoms with Crippen molar-refractivity contribution in [3.05, 3.63) is 0 Å². The molecule has 2 aliphatic carbocycles. The zero-order valence-electron chi connectivity index (χ0n) is 12.5. The van der Waals surface area contributed by atoms with Crippen LogP contribution in [0.2, 0.25) is 0 Å². The molecule has 0 spiro atoms. The van der Waals surface area contributed by atoms with Gasteiger partial charge in [-0.3, -0.25) is 0 Å². The molecule has 2 bridgehead atoms. The standard InChI is InChI=1S/C16H31N/c1-6-8-13(7-2)17-14-15(3,4)12-9-10-16(14,5)11-12/h12-14,17H,6-11H2,1-5H3. The van der Waals surface area contributed by atoms with E-state index in [-0.39, 0.29) is 0 Å². The molecule has 1 nitrogen and oxygen atoms in total. The molecule has 2 saturated carbocycles. The first-order valence-electron chi connectivity index (χ1n) is 7.70. The van der Waals surface area contributed by atoms with Crippen molar-refractivity contribution in [2.75, 3.05) is 0 Å². The Bertz CT molecular complexity index is 266. The molecule has 17 heavy (non-hydrogen) atoms. The minimum absolute atomic E-state index is 0.508. The van der Waals surface area contributed by atoms with Crippen molar-refractivity contribution in [1.29, 1.82) is 0 Å². The van der Waals surface area contributed by atoms with Crippen molar-refractivity contribution in [1.82, 2.24) is 5.32 Å². The molecule has 1 N–H and O–H groups in total. The highest BCUT2D eigenvalue weighted by Gasteiger charge is 2.59. The smallest absolute Gasteiger partial charge is 0.0177 e. The van der Waals surface area contributed by atoms with E-state index in [0.717, 1.165) is 18.0 Å². The Labute approximate surface area is 108 Å². The summed E-state index contributed by atoms with van der Waals surface area (Å²) in [7, 11) is 0. The maximum atomic E-state index is 4.03. The number of hydrogen-bond donors (Lipinski definition) is 1. The van der Waals surface area contributed by atoms with Crippen LogP contribution in [0.4, 0.5) is 0 Å². The van der Waals surface area contributed by atoms with E-state index < -0.39 is 0 Å². The van der Waals surface area contributed by atoms with Crippen molar-refractivity contribution >= 4 is 0 Å². The second-order valence-electron chi connectivity index (χ2n) is 7.41. The fourth-order valence-electron chi connectivity index (χ4n) is 4.71. The van der Waals surface area contributed by atoms with Crippen molar-refractivity contribution in [2.24, 2.45) is 16.7 Å². The molecule has 1 heteroatoms. The summed E-state index contributed by atoms with van der Waals surface area (Å²) in [5, 5.41) is 4.03. The van der Waals surface area contributed by atoms with E-state index in [0.29, 0.717) is 10.8 Å². The summed E-state index contributed by atoms with van der Waals surface area (Å²) in [4.78, 5) is 0. The quantitative estimate of drug-likeness (QED) is 0.748. The molecule has 2 aliphatic rings. The number of fused-ring (bicyclic) bond motifs is 2. The molecule has 0 aliphatic heterocycles. The molecule has 0 aromatic carbocycles. The minimum atomic E-state index is 0.508. The lowest BCUT2D eigenvalue weighted by Gasteiger charge is -2.45. The molecule has 2 fully saturated rings. The van der Waals surface area contributed by atoms with E-state index in [1.54, 1.807) is 0 Å². The van der Waals surface area contributed by atoms with Crippen LogP contribution in [0.3, 0.4) is 0 Å². The topological polar surface area (TPSA) is 12.0 Å². The Kier molecular flexibility index (Phi) is 3.60. The van der Waals surface area contributed by atoms with Crippen LogP contribution in [-0.4, -0.2) is 12.1 Å². The number of nitrogens with one attached hydrogen (secondary N) is 1. The Morgan fingerprint density at radius 2 is 1.94 bits per heavy atom. The van der Waals surface area contributed by atoms with Crippen LogP contribution in [0.15, 0.2) is 0 Å². The molecule has 0 aromatic heterocycles. The average Bonchev–Trinajstić information content (AvgIpc) is 2.74. The highest BCUT2D eigenvalue weighted by atomic mass is 15.0. The molecule has 4 unspecified atom stereocenters. The maximum absolute atomic E-state index is 4.03. The van der Waals surface area contributed by atoms with Gasteiger partial charge in [-0.15, -0.1) is 0 Å². The third kappa shape index (κ3) is 2.16.